The minimum Gasteiger partial charge on any atom is -0.481 e. The number of rotatable bonds is 9. The maximum absolute atomic E-state index is 10.6. The molecule has 1 unspecified atom stereocenters. The van der Waals surface area contributed by atoms with Gasteiger partial charge in [-0.05, 0) is 12.3 Å². The van der Waals surface area contributed by atoms with Crippen LogP contribution in [0.2, 0.25) is 0 Å². The second kappa shape index (κ2) is 9.04. The molecule has 0 aromatic rings. The molecule has 0 radical (unpaired) electrons. The molecular formula is C12H24O2. The third kappa shape index (κ3) is 8.09. The first-order valence-electron chi connectivity index (χ1n) is 5.92. The second-order valence-corrected chi connectivity index (χ2v) is 4.10. The van der Waals surface area contributed by atoms with Gasteiger partial charge in [0.2, 0.25) is 0 Å². The van der Waals surface area contributed by atoms with Gasteiger partial charge in [-0.3, -0.25) is 4.79 Å². The van der Waals surface area contributed by atoms with E-state index in [9.17, 15) is 4.79 Å². The third-order valence-electron chi connectivity index (χ3n) is 2.63. The van der Waals surface area contributed by atoms with Gasteiger partial charge in [-0.2, -0.15) is 0 Å². The van der Waals surface area contributed by atoms with Gasteiger partial charge in [0.25, 0.3) is 0 Å². The van der Waals surface area contributed by atoms with E-state index in [1.165, 1.54) is 25.7 Å². The van der Waals surface area contributed by atoms with Gasteiger partial charge in [0.1, 0.15) is 0 Å². The first-order chi connectivity index (χ1) is 6.70. The molecule has 2 heteroatoms. The van der Waals surface area contributed by atoms with Crippen LogP contribution in [0.1, 0.15) is 65.2 Å². The summed E-state index contributed by atoms with van der Waals surface area (Å²) in [6.45, 7) is 4.32. The normalized spacial score (nSPS) is 12.7. The summed E-state index contributed by atoms with van der Waals surface area (Å²) in [5.41, 5.74) is 0. The van der Waals surface area contributed by atoms with Crippen LogP contribution in [0.3, 0.4) is 0 Å². The van der Waals surface area contributed by atoms with Crippen molar-refractivity contribution in [2.75, 3.05) is 0 Å². The molecule has 1 N–H and O–H groups in total. The van der Waals surface area contributed by atoms with Crippen LogP contribution >= 0.6 is 0 Å². The molecule has 0 bridgehead atoms. The summed E-state index contributed by atoms with van der Waals surface area (Å²) in [7, 11) is 0. The van der Waals surface area contributed by atoms with E-state index in [-0.39, 0.29) is 0 Å². The van der Waals surface area contributed by atoms with Crippen molar-refractivity contribution in [1.82, 2.24) is 0 Å². The number of carbonyl (C=O) groups is 1. The first-order valence-corrected chi connectivity index (χ1v) is 5.92. The van der Waals surface area contributed by atoms with Crippen LogP contribution in [0.4, 0.5) is 0 Å². The molecule has 0 aliphatic rings. The Bertz CT molecular complexity index is 143. The quantitative estimate of drug-likeness (QED) is 0.574. The summed E-state index contributed by atoms with van der Waals surface area (Å²) in [5.74, 6) is -0.228. The maximum atomic E-state index is 10.6. The fourth-order valence-electron chi connectivity index (χ4n) is 1.86. The number of aliphatic carboxylic acids is 1. The molecular weight excluding hydrogens is 176 g/mol. The highest BCUT2D eigenvalue weighted by Crippen LogP contribution is 2.19. The zero-order valence-corrected chi connectivity index (χ0v) is 9.59. The SMILES string of the molecule is CCCCCCC(CCC)CC(=O)O. The van der Waals surface area contributed by atoms with E-state index in [0.717, 1.165) is 19.3 Å². The van der Waals surface area contributed by atoms with Crippen LogP contribution in [0.15, 0.2) is 0 Å². The molecule has 1 atom stereocenters. The van der Waals surface area contributed by atoms with E-state index in [1.807, 2.05) is 0 Å². The molecule has 0 saturated carbocycles. The fourth-order valence-corrected chi connectivity index (χ4v) is 1.86. The molecule has 84 valence electrons. The largest absolute Gasteiger partial charge is 0.481 e. The zero-order chi connectivity index (χ0) is 10.8. The average Bonchev–Trinajstić information content (AvgIpc) is 2.12. The minimum atomic E-state index is -0.640. The van der Waals surface area contributed by atoms with Gasteiger partial charge in [0, 0.05) is 6.42 Å². The molecule has 0 aliphatic carbocycles. The van der Waals surface area contributed by atoms with Crippen molar-refractivity contribution in [3.63, 3.8) is 0 Å². The lowest BCUT2D eigenvalue weighted by Gasteiger charge is -2.12. The highest BCUT2D eigenvalue weighted by atomic mass is 16.4. The standard InChI is InChI=1S/C12H24O2/c1-3-5-6-7-9-11(8-4-2)10-12(13)14/h11H,3-10H2,1-2H3,(H,13,14). The number of hydrogen-bond donors (Lipinski definition) is 1. The van der Waals surface area contributed by atoms with Gasteiger partial charge in [0.05, 0.1) is 0 Å². The van der Waals surface area contributed by atoms with E-state index >= 15 is 0 Å². The first kappa shape index (κ1) is 13.5. The van der Waals surface area contributed by atoms with Crippen molar-refractivity contribution < 1.29 is 9.90 Å². The van der Waals surface area contributed by atoms with Crippen LogP contribution in [0.5, 0.6) is 0 Å². The van der Waals surface area contributed by atoms with E-state index in [1.54, 1.807) is 0 Å². The second-order valence-electron chi connectivity index (χ2n) is 4.10. The topological polar surface area (TPSA) is 37.3 Å². The van der Waals surface area contributed by atoms with Crippen molar-refractivity contribution in [2.45, 2.75) is 65.2 Å². The Morgan fingerprint density at radius 1 is 1.07 bits per heavy atom. The Morgan fingerprint density at radius 3 is 2.29 bits per heavy atom. The van der Waals surface area contributed by atoms with Crippen LogP contribution in [-0.2, 0) is 4.79 Å². The molecule has 0 aromatic carbocycles. The lowest BCUT2D eigenvalue weighted by atomic mass is 9.93. The number of carboxylic acid groups (broad SMARTS) is 1. The molecule has 0 aliphatic heterocycles. The maximum Gasteiger partial charge on any atom is 0.303 e. The molecule has 0 fully saturated rings. The summed E-state index contributed by atoms with van der Waals surface area (Å²) in [5, 5.41) is 8.71. The summed E-state index contributed by atoms with van der Waals surface area (Å²) < 4.78 is 0. The van der Waals surface area contributed by atoms with Crippen LogP contribution in [-0.4, -0.2) is 11.1 Å². The molecule has 0 aromatic heterocycles. The number of unbranched alkanes of at least 4 members (excludes halogenated alkanes) is 3. The third-order valence-corrected chi connectivity index (χ3v) is 2.63. The van der Waals surface area contributed by atoms with Gasteiger partial charge in [-0.25, -0.2) is 0 Å². The van der Waals surface area contributed by atoms with E-state index in [4.69, 9.17) is 5.11 Å². The Kier molecular flexibility index (Phi) is 8.70. The Hall–Kier alpha value is -0.530. The lowest BCUT2D eigenvalue weighted by molar-refractivity contribution is -0.138. The van der Waals surface area contributed by atoms with Gasteiger partial charge in [-0.15, -0.1) is 0 Å². The predicted octanol–water partition coefficient (Wildman–Crippen LogP) is 3.85. The summed E-state index contributed by atoms with van der Waals surface area (Å²) in [6, 6.07) is 0. The van der Waals surface area contributed by atoms with Crippen molar-refractivity contribution in [3.8, 4) is 0 Å². The van der Waals surface area contributed by atoms with Crippen molar-refractivity contribution in [3.05, 3.63) is 0 Å². The van der Waals surface area contributed by atoms with Crippen molar-refractivity contribution >= 4 is 5.97 Å². The summed E-state index contributed by atoms with van der Waals surface area (Å²) in [6.07, 6.45) is 8.62. The van der Waals surface area contributed by atoms with Crippen molar-refractivity contribution in [2.24, 2.45) is 5.92 Å². The lowest BCUT2D eigenvalue weighted by Crippen LogP contribution is -2.07. The number of carboxylic acids is 1. The fraction of sp³-hybridized carbons (Fsp3) is 0.917. The molecule has 14 heavy (non-hydrogen) atoms. The van der Waals surface area contributed by atoms with Crippen LogP contribution in [0.25, 0.3) is 0 Å². The molecule has 0 rings (SSSR count). The van der Waals surface area contributed by atoms with Gasteiger partial charge < -0.3 is 5.11 Å². The van der Waals surface area contributed by atoms with E-state index in [2.05, 4.69) is 13.8 Å². The van der Waals surface area contributed by atoms with Gasteiger partial charge in [0.15, 0.2) is 0 Å². The highest BCUT2D eigenvalue weighted by molar-refractivity contribution is 5.66. The average molecular weight is 200 g/mol. The van der Waals surface area contributed by atoms with Crippen LogP contribution < -0.4 is 0 Å². The Morgan fingerprint density at radius 2 is 1.79 bits per heavy atom. The molecule has 0 heterocycles. The molecule has 0 amide bonds. The monoisotopic (exact) mass is 200 g/mol. The highest BCUT2D eigenvalue weighted by Gasteiger charge is 2.11. The van der Waals surface area contributed by atoms with Gasteiger partial charge >= 0.3 is 5.97 Å². The Labute approximate surface area is 87.7 Å². The minimum absolute atomic E-state index is 0.361. The van der Waals surface area contributed by atoms with E-state index < -0.39 is 5.97 Å². The van der Waals surface area contributed by atoms with Crippen LogP contribution in [0, 0.1) is 5.92 Å². The Balaban J connectivity index is 3.56. The zero-order valence-electron chi connectivity index (χ0n) is 9.59. The molecule has 0 spiro atoms. The van der Waals surface area contributed by atoms with E-state index in [0.29, 0.717) is 12.3 Å². The van der Waals surface area contributed by atoms with Crippen molar-refractivity contribution in [1.29, 1.82) is 0 Å². The molecule has 2 nitrogen and oxygen atoms in total. The smallest absolute Gasteiger partial charge is 0.303 e. The number of hydrogen-bond acceptors (Lipinski definition) is 1. The summed E-state index contributed by atoms with van der Waals surface area (Å²) >= 11 is 0. The van der Waals surface area contributed by atoms with Gasteiger partial charge in [-0.1, -0.05) is 52.4 Å². The summed E-state index contributed by atoms with van der Waals surface area (Å²) in [4.78, 5) is 10.6. The molecule has 0 saturated heterocycles. The predicted molar refractivity (Wildman–Crippen MR) is 59.4 cm³/mol.